The number of halogens is 1. The molecule has 29 heavy (non-hydrogen) atoms. The maximum absolute atomic E-state index is 13.4. The summed E-state index contributed by atoms with van der Waals surface area (Å²) in [6, 6.07) is 15.0. The number of rotatable bonds is 3. The van der Waals surface area contributed by atoms with Crippen molar-refractivity contribution in [2.24, 2.45) is 5.14 Å². The normalized spacial score (nSPS) is 11.7. The van der Waals surface area contributed by atoms with E-state index in [2.05, 4.69) is 0 Å². The summed E-state index contributed by atoms with van der Waals surface area (Å²) in [6.45, 7) is 0. The second-order valence-corrected chi connectivity index (χ2v) is 7.95. The Hall–Kier alpha value is -3.49. The molecule has 0 radical (unpaired) electrons. The Kier molecular flexibility index (Phi) is 4.45. The molecule has 0 atom stereocenters. The zero-order chi connectivity index (χ0) is 20.8. The third-order valence-electron chi connectivity index (χ3n) is 4.45. The van der Waals surface area contributed by atoms with E-state index in [0.29, 0.717) is 11.1 Å². The molecule has 0 aliphatic heterocycles. The van der Waals surface area contributed by atoms with Gasteiger partial charge in [-0.1, -0.05) is 12.1 Å². The van der Waals surface area contributed by atoms with Crippen LogP contribution < -0.4 is 10.6 Å². The SMILES string of the molecule is NS(=O)(=O)c1ccc(-c2oc3ccc(O)cc3c(=O)c2-c2ccc(F)cc2)cc1. The van der Waals surface area contributed by atoms with E-state index in [1.807, 2.05) is 0 Å². The standard InChI is InChI=1S/C21H14FNO5S/c22-14-5-1-12(2-6-14)19-20(25)17-11-15(24)7-10-18(17)28-21(19)13-3-8-16(9-4-13)29(23,26)27/h1-11,24H,(H2,23,26,27). The number of hydrogen-bond acceptors (Lipinski definition) is 5. The van der Waals surface area contributed by atoms with Crippen LogP contribution >= 0.6 is 0 Å². The molecule has 0 saturated heterocycles. The molecule has 0 bridgehead atoms. The predicted octanol–water partition coefficient (Wildman–Crippen LogP) is 3.62. The van der Waals surface area contributed by atoms with E-state index < -0.39 is 21.3 Å². The van der Waals surface area contributed by atoms with Gasteiger partial charge in [0.15, 0.2) is 0 Å². The van der Waals surface area contributed by atoms with Gasteiger partial charge in [-0.25, -0.2) is 17.9 Å². The second-order valence-electron chi connectivity index (χ2n) is 6.39. The van der Waals surface area contributed by atoms with Crippen molar-refractivity contribution in [3.05, 3.63) is 82.8 Å². The molecule has 8 heteroatoms. The summed E-state index contributed by atoms with van der Waals surface area (Å²) in [5.41, 5.74) is 0.828. The number of hydrogen-bond donors (Lipinski definition) is 2. The van der Waals surface area contributed by atoms with Crippen molar-refractivity contribution in [3.63, 3.8) is 0 Å². The third-order valence-corrected chi connectivity index (χ3v) is 5.38. The van der Waals surface area contributed by atoms with Gasteiger partial charge in [-0.3, -0.25) is 4.79 Å². The lowest BCUT2D eigenvalue weighted by molar-refractivity contribution is 0.475. The van der Waals surface area contributed by atoms with Crippen molar-refractivity contribution in [2.75, 3.05) is 0 Å². The van der Waals surface area contributed by atoms with Crippen LogP contribution in [0.5, 0.6) is 5.75 Å². The molecular formula is C21H14FNO5S. The average Bonchev–Trinajstić information content (AvgIpc) is 2.69. The van der Waals surface area contributed by atoms with Gasteiger partial charge in [0, 0.05) is 5.56 Å². The van der Waals surface area contributed by atoms with E-state index in [1.165, 1.54) is 66.7 Å². The van der Waals surface area contributed by atoms with E-state index in [4.69, 9.17) is 9.56 Å². The summed E-state index contributed by atoms with van der Waals surface area (Å²) < 4.78 is 42.3. The number of fused-ring (bicyclic) bond motifs is 1. The molecule has 4 aromatic rings. The summed E-state index contributed by atoms with van der Waals surface area (Å²) in [5, 5.41) is 15.0. The van der Waals surface area contributed by atoms with Gasteiger partial charge >= 0.3 is 0 Å². The monoisotopic (exact) mass is 411 g/mol. The van der Waals surface area contributed by atoms with Crippen LogP contribution in [0.1, 0.15) is 0 Å². The van der Waals surface area contributed by atoms with Crippen molar-refractivity contribution in [3.8, 4) is 28.2 Å². The van der Waals surface area contributed by atoms with Gasteiger partial charge in [-0.2, -0.15) is 0 Å². The zero-order valence-electron chi connectivity index (χ0n) is 14.8. The number of sulfonamides is 1. The molecule has 1 heterocycles. The van der Waals surface area contributed by atoms with Crippen molar-refractivity contribution in [1.29, 1.82) is 0 Å². The molecule has 1 aromatic heterocycles. The fraction of sp³-hybridized carbons (Fsp3) is 0. The van der Waals surface area contributed by atoms with E-state index in [9.17, 15) is 22.7 Å². The van der Waals surface area contributed by atoms with Crippen LogP contribution in [0.3, 0.4) is 0 Å². The number of phenolic OH excluding ortho intramolecular Hbond substituents is 1. The summed E-state index contributed by atoms with van der Waals surface area (Å²) in [7, 11) is -3.88. The zero-order valence-corrected chi connectivity index (χ0v) is 15.6. The van der Waals surface area contributed by atoms with Gasteiger partial charge in [0.05, 0.1) is 15.8 Å². The Bertz CT molecular complexity index is 1390. The largest absolute Gasteiger partial charge is 0.508 e. The van der Waals surface area contributed by atoms with Gasteiger partial charge in [0.25, 0.3) is 0 Å². The Labute approximate surface area is 164 Å². The lowest BCUT2D eigenvalue weighted by Crippen LogP contribution is -2.12. The molecule has 0 amide bonds. The Morgan fingerprint density at radius 3 is 2.14 bits per heavy atom. The molecule has 4 rings (SSSR count). The highest BCUT2D eigenvalue weighted by Gasteiger charge is 2.19. The lowest BCUT2D eigenvalue weighted by Gasteiger charge is -2.11. The summed E-state index contributed by atoms with van der Waals surface area (Å²) in [4.78, 5) is 13.1. The molecule has 6 nitrogen and oxygen atoms in total. The third kappa shape index (κ3) is 3.51. The number of phenols is 1. The summed E-state index contributed by atoms with van der Waals surface area (Å²) in [5.74, 6) is -0.378. The minimum atomic E-state index is -3.88. The fourth-order valence-corrected chi connectivity index (χ4v) is 3.58. The summed E-state index contributed by atoms with van der Waals surface area (Å²) >= 11 is 0. The maximum atomic E-state index is 13.4. The van der Waals surface area contributed by atoms with Crippen molar-refractivity contribution >= 4 is 21.0 Å². The van der Waals surface area contributed by atoms with Crippen molar-refractivity contribution in [1.82, 2.24) is 0 Å². The number of nitrogens with two attached hydrogens (primary N) is 1. The first-order valence-corrected chi connectivity index (χ1v) is 9.98. The van der Waals surface area contributed by atoms with E-state index in [-0.39, 0.29) is 32.9 Å². The minimum absolute atomic E-state index is 0.0855. The van der Waals surface area contributed by atoms with Crippen LogP contribution in [0, 0.1) is 5.82 Å². The number of aromatic hydroxyl groups is 1. The van der Waals surface area contributed by atoms with Crippen LogP contribution in [0.25, 0.3) is 33.4 Å². The van der Waals surface area contributed by atoms with Gasteiger partial charge in [0.2, 0.25) is 15.5 Å². The van der Waals surface area contributed by atoms with Gasteiger partial charge in [-0.15, -0.1) is 0 Å². The average molecular weight is 411 g/mol. The first kappa shape index (κ1) is 18.9. The highest BCUT2D eigenvalue weighted by Crippen LogP contribution is 2.33. The predicted molar refractivity (Wildman–Crippen MR) is 106 cm³/mol. The maximum Gasteiger partial charge on any atom is 0.238 e. The van der Waals surface area contributed by atoms with Crippen LogP contribution in [0.2, 0.25) is 0 Å². The fourth-order valence-electron chi connectivity index (χ4n) is 3.06. The molecular weight excluding hydrogens is 397 g/mol. The second kappa shape index (κ2) is 6.84. The van der Waals surface area contributed by atoms with Gasteiger partial charge in [-0.05, 0) is 60.2 Å². The molecule has 0 fully saturated rings. The van der Waals surface area contributed by atoms with Crippen LogP contribution in [-0.4, -0.2) is 13.5 Å². The minimum Gasteiger partial charge on any atom is -0.508 e. The van der Waals surface area contributed by atoms with E-state index in [0.717, 1.165) is 0 Å². The van der Waals surface area contributed by atoms with E-state index >= 15 is 0 Å². The molecule has 0 saturated carbocycles. The first-order valence-electron chi connectivity index (χ1n) is 8.43. The molecule has 3 aromatic carbocycles. The highest BCUT2D eigenvalue weighted by atomic mass is 32.2. The Balaban J connectivity index is 2.04. The Morgan fingerprint density at radius 1 is 0.897 bits per heavy atom. The molecule has 0 aliphatic rings. The highest BCUT2D eigenvalue weighted by molar-refractivity contribution is 7.89. The molecule has 0 spiro atoms. The quantitative estimate of drug-likeness (QED) is 0.535. The van der Waals surface area contributed by atoms with Crippen molar-refractivity contribution < 1.29 is 22.3 Å². The van der Waals surface area contributed by atoms with Crippen LogP contribution in [0.15, 0.2) is 80.8 Å². The molecule has 146 valence electrons. The van der Waals surface area contributed by atoms with Gasteiger partial charge < -0.3 is 9.52 Å². The number of benzene rings is 3. The topological polar surface area (TPSA) is 111 Å². The summed E-state index contributed by atoms with van der Waals surface area (Å²) in [6.07, 6.45) is 0. The van der Waals surface area contributed by atoms with Crippen LogP contribution in [-0.2, 0) is 10.0 Å². The Morgan fingerprint density at radius 2 is 1.52 bits per heavy atom. The molecule has 0 unspecified atom stereocenters. The van der Waals surface area contributed by atoms with E-state index in [1.54, 1.807) is 0 Å². The molecule has 0 aliphatic carbocycles. The van der Waals surface area contributed by atoms with Crippen molar-refractivity contribution in [2.45, 2.75) is 4.90 Å². The lowest BCUT2D eigenvalue weighted by atomic mass is 9.98. The van der Waals surface area contributed by atoms with Crippen LogP contribution in [0.4, 0.5) is 4.39 Å². The first-order chi connectivity index (χ1) is 13.7. The van der Waals surface area contributed by atoms with Gasteiger partial charge in [0.1, 0.15) is 22.9 Å². The molecule has 3 N–H and O–H groups in total. The smallest absolute Gasteiger partial charge is 0.238 e. The number of primary sulfonamides is 1.